The van der Waals surface area contributed by atoms with E-state index in [1.165, 1.54) is 6.42 Å². The van der Waals surface area contributed by atoms with Crippen LogP contribution in [0.2, 0.25) is 0 Å². The Hall–Kier alpha value is -0.960. The van der Waals surface area contributed by atoms with E-state index in [1.807, 2.05) is 6.07 Å². The zero-order valence-corrected chi connectivity index (χ0v) is 7.45. The quantitative estimate of drug-likeness (QED) is 0.731. The van der Waals surface area contributed by atoms with Crippen LogP contribution in [0, 0.1) is 0 Å². The van der Waals surface area contributed by atoms with Crippen LogP contribution in [-0.4, -0.2) is 9.97 Å². The maximum atomic E-state index is 5.46. The lowest BCUT2D eigenvalue weighted by Crippen LogP contribution is -2.03. The van der Waals surface area contributed by atoms with Crippen LogP contribution < -0.4 is 5.73 Å². The molecule has 0 aromatic carbocycles. The molecule has 66 valence electrons. The first-order chi connectivity index (χ1) is 5.86. The summed E-state index contributed by atoms with van der Waals surface area (Å²) in [4.78, 5) is 8.45. The normalized spacial score (nSPS) is 10.2. The highest BCUT2D eigenvalue weighted by molar-refractivity contribution is 5.01. The molecule has 1 rings (SSSR count). The molecule has 0 radical (unpaired) electrons. The van der Waals surface area contributed by atoms with Crippen LogP contribution in [0.1, 0.15) is 31.3 Å². The summed E-state index contributed by atoms with van der Waals surface area (Å²) in [6.45, 7) is 2.66. The molecule has 0 aliphatic heterocycles. The molecule has 0 saturated heterocycles. The van der Waals surface area contributed by atoms with Gasteiger partial charge in [0.15, 0.2) is 0 Å². The van der Waals surface area contributed by atoms with Crippen LogP contribution in [0.3, 0.4) is 0 Å². The Bertz CT molecular complexity index is 235. The number of hydrogen-bond donors (Lipinski definition) is 1. The van der Waals surface area contributed by atoms with Crippen LogP contribution >= 0.6 is 0 Å². The summed E-state index contributed by atoms with van der Waals surface area (Å²) in [5.41, 5.74) is 6.38. The summed E-state index contributed by atoms with van der Waals surface area (Å²) in [7, 11) is 0. The second-order valence-corrected chi connectivity index (χ2v) is 2.77. The zero-order chi connectivity index (χ0) is 8.81. The Labute approximate surface area is 73.0 Å². The van der Waals surface area contributed by atoms with Crippen LogP contribution in [0.5, 0.6) is 0 Å². The summed E-state index contributed by atoms with van der Waals surface area (Å²) in [6.07, 6.45) is 5.06. The molecule has 0 bridgehead atoms. The fourth-order valence-electron chi connectivity index (χ4n) is 1.01. The summed E-state index contributed by atoms with van der Waals surface area (Å²) in [5, 5.41) is 0. The van der Waals surface area contributed by atoms with Gasteiger partial charge in [-0.3, -0.25) is 0 Å². The number of aromatic nitrogens is 2. The average molecular weight is 165 g/mol. The highest BCUT2D eigenvalue weighted by Crippen LogP contribution is 1.99. The smallest absolute Gasteiger partial charge is 0.128 e. The van der Waals surface area contributed by atoms with Crippen molar-refractivity contribution < 1.29 is 0 Å². The molecule has 2 N–H and O–H groups in total. The van der Waals surface area contributed by atoms with Gasteiger partial charge in [0.2, 0.25) is 0 Å². The minimum atomic E-state index is 0.502. The van der Waals surface area contributed by atoms with Gasteiger partial charge in [0, 0.05) is 19.2 Å². The lowest BCUT2D eigenvalue weighted by Gasteiger charge is -1.99. The Morgan fingerprint density at radius 2 is 2.33 bits per heavy atom. The van der Waals surface area contributed by atoms with Crippen LogP contribution in [0.15, 0.2) is 12.3 Å². The Morgan fingerprint density at radius 3 is 3.00 bits per heavy atom. The van der Waals surface area contributed by atoms with Crippen molar-refractivity contribution in [3.05, 3.63) is 23.8 Å². The van der Waals surface area contributed by atoms with E-state index in [4.69, 9.17) is 5.73 Å². The highest BCUT2D eigenvalue weighted by Gasteiger charge is 1.96. The fraction of sp³-hybridized carbons (Fsp3) is 0.556. The van der Waals surface area contributed by atoms with E-state index in [2.05, 4.69) is 16.9 Å². The predicted molar refractivity (Wildman–Crippen MR) is 48.5 cm³/mol. The third kappa shape index (κ3) is 2.58. The molecular weight excluding hydrogens is 150 g/mol. The third-order valence-electron chi connectivity index (χ3n) is 1.73. The van der Waals surface area contributed by atoms with Gasteiger partial charge in [-0.1, -0.05) is 13.3 Å². The molecule has 12 heavy (non-hydrogen) atoms. The molecule has 0 fully saturated rings. The Kier molecular flexibility index (Phi) is 3.67. The monoisotopic (exact) mass is 165 g/mol. The van der Waals surface area contributed by atoms with Gasteiger partial charge >= 0.3 is 0 Å². The molecule has 3 nitrogen and oxygen atoms in total. The topological polar surface area (TPSA) is 51.8 Å². The van der Waals surface area contributed by atoms with Crippen LogP contribution in [0.4, 0.5) is 0 Å². The Morgan fingerprint density at radius 1 is 1.50 bits per heavy atom. The third-order valence-corrected chi connectivity index (χ3v) is 1.73. The van der Waals surface area contributed by atoms with Gasteiger partial charge in [-0.15, -0.1) is 0 Å². The molecular formula is C9H15N3. The molecule has 0 aliphatic rings. The van der Waals surface area contributed by atoms with Gasteiger partial charge in [-0.25, -0.2) is 9.97 Å². The molecule has 1 heterocycles. The standard InChI is InChI=1S/C9H15N3/c1-2-3-4-9-11-6-5-8(7-10)12-9/h5-6H,2-4,7,10H2,1H3. The van der Waals surface area contributed by atoms with Crippen molar-refractivity contribution in [2.45, 2.75) is 32.7 Å². The fourth-order valence-corrected chi connectivity index (χ4v) is 1.01. The minimum absolute atomic E-state index is 0.502. The number of rotatable bonds is 4. The molecule has 3 heteroatoms. The summed E-state index contributed by atoms with van der Waals surface area (Å²) < 4.78 is 0. The van der Waals surface area contributed by atoms with E-state index in [1.54, 1.807) is 6.20 Å². The lowest BCUT2D eigenvalue weighted by molar-refractivity contribution is 0.742. The van der Waals surface area contributed by atoms with Crippen molar-refractivity contribution in [1.29, 1.82) is 0 Å². The largest absolute Gasteiger partial charge is 0.325 e. The number of unbranched alkanes of at least 4 members (excludes halogenated alkanes) is 1. The first-order valence-corrected chi connectivity index (χ1v) is 4.37. The molecule has 0 saturated carbocycles. The van der Waals surface area contributed by atoms with Crippen molar-refractivity contribution in [1.82, 2.24) is 9.97 Å². The zero-order valence-electron chi connectivity index (χ0n) is 7.45. The number of nitrogens with zero attached hydrogens (tertiary/aromatic N) is 2. The average Bonchev–Trinajstić information content (AvgIpc) is 2.15. The molecule has 0 spiro atoms. The van der Waals surface area contributed by atoms with Crippen molar-refractivity contribution in [3.8, 4) is 0 Å². The van der Waals surface area contributed by atoms with Gasteiger partial charge in [0.05, 0.1) is 5.69 Å². The summed E-state index contributed by atoms with van der Waals surface area (Å²) in [6, 6.07) is 1.86. The van der Waals surface area contributed by atoms with E-state index >= 15 is 0 Å². The van der Waals surface area contributed by atoms with Gasteiger partial charge in [-0.05, 0) is 12.5 Å². The maximum Gasteiger partial charge on any atom is 0.128 e. The van der Waals surface area contributed by atoms with Crippen molar-refractivity contribution >= 4 is 0 Å². The minimum Gasteiger partial charge on any atom is -0.325 e. The Balaban J connectivity index is 2.60. The van der Waals surface area contributed by atoms with Crippen LogP contribution in [-0.2, 0) is 13.0 Å². The molecule has 1 aromatic rings. The van der Waals surface area contributed by atoms with E-state index in [9.17, 15) is 0 Å². The first-order valence-electron chi connectivity index (χ1n) is 4.37. The highest BCUT2D eigenvalue weighted by atomic mass is 14.9. The van der Waals surface area contributed by atoms with E-state index in [0.29, 0.717) is 6.54 Å². The van der Waals surface area contributed by atoms with Crippen molar-refractivity contribution in [2.24, 2.45) is 5.73 Å². The maximum absolute atomic E-state index is 5.46. The first kappa shape index (κ1) is 9.13. The van der Waals surface area contributed by atoms with Gasteiger partial charge in [0.25, 0.3) is 0 Å². The molecule has 0 unspecified atom stereocenters. The van der Waals surface area contributed by atoms with Gasteiger partial charge < -0.3 is 5.73 Å². The van der Waals surface area contributed by atoms with E-state index in [-0.39, 0.29) is 0 Å². The molecule has 0 aliphatic carbocycles. The SMILES string of the molecule is CCCCc1nccc(CN)n1. The predicted octanol–water partition coefficient (Wildman–Crippen LogP) is 1.28. The lowest BCUT2D eigenvalue weighted by atomic mass is 10.2. The van der Waals surface area contributed by atoms with Gasteiger partial charge in [0.1, 0.15) is 5.82 Å². The number of nitrogens with two attached hydrogens (primary N) is 1. The second kappa shape index (κ2) is 4.83. The second-order valence-electron chi connectivity index (χ2n) is 2.77. The van der Waals surface area contributed by atoms with Crippen LogP contribution in [0.25, 0.3) is 0 Å². The van der Waals surface area contributed by atoms with E-state index < -0.39 is 0 Å². The summed E-state index contributed by atoms with van der Waals surface area (Å²) in [5.74, 6) is 0.916. The summed E-state index contributed by atoms with van der Waals surface area (Å²) >= 11 is 0. The molecule has 0 atom stereocenters. The van der Waals surface area contributed by atoms with Gasteiger partial charge in [-0.2, -0.15) is 0 Å². The number of hydrogen-bond acceptors (Lipinski definition) is 3. The van der Waals surface area contributed by atoms with Crippen molar-refractivity contribution in [3.63, 3.8) is 0 Å². The van der Waals surface area contributed by atoms with Crippen molar-refractivity contribution in [2.75, 3.05) is 0 Å². The molecule has 1 aromatic heterocycles. The number of aryl methyl sites for hydroxylation is 1. The molecule has 0 amide bonds. The van der Waals surface area contributed by atoms with E-state index in [0.717, 1.165) is 24.4 Å².